The van der Waals surface area contributed by atoms with Gasteiger partial charge in [0.25, 0.3) is 5.78 Å². The van der Waals surface area contributed by atoms with Crippen molar-refractivity contribution in [3.63, 3.8) is 0 Å². The first-order valence-electron chi connectivity index (χ1n) is 7.11. The number of fused-ring (bicyclic) bond motifs is 3. The van der Waals surface area contributed by atoms with Crippen LogP contribution in [0.4, 0.5) is 11.6 Å². The molecule has 6 nitrogen and oxygen atoms in total. The highest BCUT2D eigenvalue weighted by molar-refractivity contribution is 5.83. The minimum absolute atomic E-state index is 0.505. The van der Waals surface area contributed by atoms with Gasteiger partial charge in [0.2, 0.25) is 5.95 Å². The Morgan fingerprint density at radius 2 is 1.91 bits per heavy atom. The van der Waals surface area contributed by atoms with Gasteiger partial charge >= 0.3 is 0 Å². The third-order valence-corrected chi connectivity index (χ3v) is 3.79. The van der Waals surface area contributed by atoms with Gasteiger partial charge in [0.1, 0.15) is 0 Å². The summed E-state index contributed by atoms with van der Waals surface area (Å²) in [6, 6.07) is 17.6. The third-order valence-electron chi connectivity index (χ3n) is 3.79. The molecule has 6 heteroatoms. The highest BCUT2D eigenvalue weighted by atomic mass is 15.4. The molecule has 0 saturated heterocycles. The van der Waals surface area contributed by atoms with Crippen molar-refractivity contribution in [3.05, 3.63) is 60.3 Å². The molecular formula is C17H12N6. The highest BCUT2D eigenvalue weighted by Crippen LogP contribution is 2.25. The summed E-state index contributed by atoms with van der Waals surface area (Å²) in [6.45, 7) is 0. The predicted octanol–water partition coefficient (Wildman–Crippen LogP) is 2.92. The van der Waals surface area contributed by atoms with E-state index in [1.165, 1.54) is 0 Å². The zero-order valence-corrected chi connectivity index (χ0v) is 12.4. The minimum Gasteiger partial charge on any atom is -0.313 e. The molecule has 0 radical (unpaired) electrons. The Hall–Kier alpha value is -3.46. The lowest BCUT2D eigenvalue weighted by Gasteiger charge is -2.17. The smallest absolute Gasteiger partial charge is 0.256 e. The molecule has 0 amide bonds. The molecule has 2 aromatic heterocycles. The van der Waals surface area contributed by atoms with E-state index in [1.54, 1.807) is 12.3 Å². The summed E-state index contributed by atoms with van der Waals surface area (Å²) in [6.07, 6.45) is 1.74. The number of rotatable bonds is 2. The number of aromatic nitrogens is 4. The van der Waals surface area contributed by atoms with Crippen molar-refractivity contribution in [1.82, 2.24) is 19.6 Å². The van der Waals surface area contributed by atoms with Crippen LogP contribution in [0.1, 0.15) is 5.56 Å². The molecule has 0 fully saturated rings. The number of anilines is 2. The Balaban J connectivity index is 2.01. The SMILES string of the molecule is CN(c1ccccc1)c1nnc2ncc3ccc(C#N)cc3n12. The number of nitrogens with zero attached hydrogens (tertiary/aromatic N) is 6. The van der Waals surface area contributed by atoms with E-state index in [9.17, 15) is 0 Å². The third kappa shape index (κ3) is 2.07. The maximum Gasteiger partial charge on any atom is 0.256 e. The van der Waals surface area contributed by atoms with Crippen LogP contribution >= 0.6 is 0 Å². The van der Waals surface area contributed by atoms with Crippen molar-refractivity contribution in [2.24, 2.45) is 0 Å². The lowest BCUT2D eigenvalue weighted by atomic mass is 10.2. The molecule has 2 heterocycles. The maximum absolute atomic E-state index is 9.16. The zero-order valence-electron chi connectivity index (χ0n) is 12.4. The van der Waals surface area contributed by atoms with E-state index >= 15 is 0 Å². The lowest BCUT2D eigenvalue weighted by molar-refractivity contribution is 1.02. The van der Waals surface area contributed by atoms with E-state index in [0.29, 0.717) is 17.3 Å². The van der Waals surface area contributed by atoms with Gasteiger partial charge in [-0.1, -0.05) is 24.3 Å². The van der Waals surface area contributed by atoms with Crippen molar-refractivity contribution in [2.45, 2.75) is 0 Å². The zero-order chi connectivity index (χ0) is 15.8. The van der Waals surface area contributed by atoms with Gasteiger partial charge in [-0.3, -0.25) is 0 Å². The quantitative estimate of drug-likeness (QED) is 0.569. The van der Waals surface area contributed by atoms with Crippen LogP contribution in [0.5, 0.6) is 0 Å². The van der Waals surface area contributed by atoms with Gasteiger partial charge in [-0.2, -0.15) is 5.26 Å². The fourth-order valence-corrected chi connectivity index (χ4v) is 2.59. The van der Waals surface area contributed by atoms with Gasteiger partial charge in [0, 0.05) is 24.3 Å². The Kier molecular flexibility index (Phi) is 2.91. The predicted molar refractivity (Wildman–Crippen MR) is 87.5 cm³/mol. The Labute approximate surface area is 132 Å². The van der Waals surface area contributed by atoms with Gasteiger partial charge in [-0.25, -0.2) is 9.38 Å². The largest absolute Gasteiger partial charge is 0.313 e. The van der Waals surface area contributed by atoms with E-state index in [-0.39, 0.29) is 0 Å². The topological polar surface area (TPSA) is 70.1 Å². The summed E-state index contributed by atoms with van der Waals surface area (Å²) < 4.78 is 1.86. The molecule has 0 aliphatic rings. The lowest BCUT2D eigenvalue weighted by Crippen LogP contribution is -2.13. The summed E-state index contributed by atoms with van der Waals surface area (Å²) in [5.74, 6) is 1.16. The fraction of sp³-hybridized carbons (Fsp3) is 0.0588. The summed E-state index contributed by atoms with van der Waals surface area (Å²) in [5, 5.41) is 18.5. The molecule has 0 spiro atoms. The molecule has 2 aromatic carbocycles. The standard InChI is InChI=1S/C17H12N6/c1-22(14-5-3-2-4-6-14)17-21-20-16-19-11-13-8-7-12(10-18)9-15(13)23(16)17/h2-9,11H,1H3. The van der Waals surface area contributed by atoms with Gasteiger partial charge in [0.05, 0.1) is 17.1 Å². The van der Waals surface area contributed by atoms with Gasteiger partial charge in [0.15, 0.2) is 0 Å². The van der Waals surface area contributed by atoms with Crippen molar-refractivity contribution in [2.75, 3.05) is 11.9 Å². The number of benzene rings is 2. The summed E-state index contributed by atoms with van der Waals surface area (Å²) in [4.78, 5) is 6.29. The van der Waals surface area contributed by atoms with Crippen LogP contribution in [-0.2, 0) is 0 Å². The highest BCUT2D eigenvalue weighted by Gasteiger charge is 2.15. The van der Waals surface area contributed by atoms with E-state index in [0.717, 1.165) is 16.6 Å². The van der Waals surface area contributed by atoms with Crippen molar-refractivity contribution in [1.29, 1.82) is 5.26 Å². The number of nitriles is 1. The second kappa shape index (κ2) is 5.07. The van der Waals surface area contributed by atoms with E-state index < -0.39 is 0 Å². The van der Waals surface area contributed by atoms with E-state index in [2.05, 4.69) is 21.3 Å². The second-order valence-corrected chi connectivity index (χ2v) is 5.17. The van der Waals surface area contributed by atoms with Crippen LogP contribution in [0.25, 0.3) is 16.7 Å². The van der Waals surface area contributed by atoms with Crippen LogP contribution in [0.3, 0.4) is 0 Å². The van der Waals surface area contributed by atoms with Gasteiger partial charge < -0.3 is 4.90 Å². The first kappa shape index (κ1) is 13.2. The fourth-order valence-electron chi connectivity index (χ4n) is 2.59. The first-order chi connectivity index (χ1) is 11.3. The molecule has 0 N–H and O–H groups in total. The summed E-state index contributed by atoms with van der Waals surface area (Å²) >= 11 is 0. The molecular weight excluding hydrogens is 288 g/mol. The maximum atomic E-state index is 9.16. The summed E-state index contributed by atoms with van der Waals surface area (Å²) in [5.41, 5.74) is 2.44. The summed E-state index contributed by atoms with van der Waals surface area (Å²) in [7, 11) is 1.93. The molecule has 0 aliphatic heterocycles. The van der Waals surface area contributed by atoms with Crippen molar-refractivity contribution in [3.8, 4) is 6.07 Å². The second-order valence-electron chi connectivity index (χ2n) is 5.17. The molecule has 4 rings (SSSR count). The number of para-hydroxylation sites is 1. The molecule has 0 atom stereocenters. The van der Waals surface area contributed by atoms with Crippen LogP contribution in [-0.4, -0.2) is 26.6 Å². The van der Waals surface area contributed by atoms with E-state index in [4.69, 9.17) is 5.26 Å². The monoisotopic (exact) mass is 300 g/mol. The van der Waals surface area contributed by atoms with E-state index in [1.807, 2.05) is 58.8 Å². The average Bonchev–Trinajstić information content (AvgIpc) is 3.06. The van der Waals surface area contributed by atoms with Crippen LogP contribution < -0.4 is 4.90 Å². The molecule has 4 aromatic rings. The Morgan fingerprint density at radius 1 is 1.09 bits per heavy atom. The molecule has 110 valence electrons. The number of hydrogen-bond acceptors (Lipinski definition) is 5. The number of hydrogen-bond donors (Lipinski definition) is 0. The molecule has 0 saturated carbocycles. The van der Waals surface area contributed by atoms with Gasteiger partial charge in [-0.05, 0) is 24.3 Å². The normalized spacial score (nSPS) is 10.8. The average molecular weight is 300 g/mol. The molecule has 23 heavy (non-hydrogen) atoms. The molecule has 0 aliphatic carbocycles. The van der Waals surface area contributed by atoms with Crippen LogP contribution in [0.2, 0.25) is 0 Å². The minimum atomic E-state index is 0.505. The molecule has 0 bridgehead atoms. The van der Waals surface area contributed by atoms with Crippen LogP contribution in [0, 0.1) is 11.3 Å². The van der Waals surface area contributed by atoms with Crippen LogP contribution in [0.15, 0.2) is 54.7 Å². The Morgan fingerprint density at radius 3 is 2.70 bits per heavy atom. The van der Waals surface area contributed by atoms with Crippen molar-refractivity contribution >= 4 is 28.3 Å². The first-order valence-corrected chi connectivity index (χ1v) is 7.11. The molecule has 0 unspecified atom stereocenters. The van der Waals surface area contributed by atoms with Crippen molar-refractivity contribution < 1.29 is 0 Å². The van der Waals surface area contributed by atoms with Gasteiger partial charge in [-0.15, -0.1) is 10.2 Å². The Bertz CT molecular complexity index is 1050.